The first-order valence-corrected chi connectivity index (χ1v) is 13.7. The van der Waals surface area contributed by atoms with Crippen LogP contribution in [0.1, 0.15) is 61.8 Å². The van der Waals surface area contributed by atoms with Gasteiger partial charge in [-0.05, 0) is 69.1 Å². The summed E-state index contributed by atoms with van der Waals surface area (Å²) >= 11 is 0. The molecule has 37 heavy (non-hydrogen) atoms. The molecule has 2 aliphatic rings. The Morgan fingerprint density at radius 1 is 0.946 bits per heavy atom. The molecule has 0 spiro atoms. The second-order valence-corrected chi connectivity index (χ2v) is 10.4. The van der Waals surface area contributed by atoms with E-state index in [4.69, 9.17) is 19.2 Å². The predicted octanol–water partition coefficient (Wildman–Crippen LogP) is 5.88. The van der Waals surface area contributed by atoms with Gasteiger partial charge in [0.2, 0.25) is 5.91 Å². The number of carbonyl (C=O) groups excluding carboxylic acids is 1. The third-order valence-corrected chi connectivity index (χ3v) is 7.71. The molecule has 1 amide bonds. The highest BCUT2D eigenvalue weighted by atomic mass is 16.5. The molecule has 1 aliphatic carbocycles. The molecule has 2 heterocycles. The van der Waals surface area contributed by atoms with Crippen molar-refractivity contribution in [3.05, 3.63) is 71.4 Å². The quantitative estimate of drug-likeness (QED) is 0.396. The Bertz CT molecular complexity index is 1170. The van der Waals surface area contributed by atoms with E-state index in [1.165, 1.54) is 0 Å². The third-order valence-electron chi connectivity index (χ3n) is 7.71. The first-order chi connectivity index (χ1) is 18.2. The summed E-state index contributed by atoms with van der Waals surface area (Å²) in [5.41, 5.74) is 4.01. The molecule has 1 saturated heterocycles. The lowest BCUT2D eigenvalue weighted by Crippen LogP contribution is -2.40. The van der Waals surface area contributed by atoms with Crippen LogP contribution < -0.4 is 10.1 Å². The lowest BCUT2D eigenvalue weighted by Gasteiger charge is -2.30. The van der Waals surface area contributed by atoms with Gasteiger partial charge in [-0.1, -0.05) is 42.5 Å². The van der Waals surface area contributed by atoms with Crippen molar-refractivity contribution >= 4 is 16.8 Å². The van der Waals surface area contributed by atoms with Crippen LogP contribution in [-0.4, -0.2) is 36.3 Å². The topological polar surface area (TPSA) is 69.7 Å². The van der Waals surface area contributed by atoms with E-state index >= 15 is 0 Å². The third kappa shape index (κ3) is 6.88. The highest BCUT2D eigenvalue weighted by Gasteiger charge is 2.25. The van der Waals surface area contributed by atoms with Crippen molar-refractivity contribution in [1.29, 1.82) is 0 Å². The summed E-state index contributed by atoms with van der Waals surface area (Å²) in [4.78, 5) is 17.4. The zero-order valence-electron chi connectivity index (χ0n) is 21.8. The molecule has 0 radical (unpaired) electrons. The number of ether oxygens (including phenoxy) is 3. The fraction of sp³-hybridized carbons (Fsp3) is 0.484. The summed E-state index contributed by atoms with van der Waals surface area (Å²) in [5.74, 6) is 1.53. The van der Waals surface area contributed by atoms with Gasteiger partial charge in [0, 0.05) is 36.6 Å². The Kier molecular flexibility index (Phi) is 8.69. The van der Waals surface area contributed by atoms with Gasteiger partial charge >= 0.3 is 0 Å². The zero-order valence-corrected chi connectivity index (χ0v) is 21.8. The predicted molar refractivity (Wildman–Crippen MR) is 144 cm³/mol. The van der Waals surface area contributed by atoms with Gasteiger partial charge in [-0.3, -0.25) is 4.79 Å². The second-order valence-electron chi connectivity index (χ2n) is 10.4. The Balaban J connectivity index is 1.15. The van der Waals surface area contributed by atoms with E-state index in [2.05, 4.69) is 30.4 Å². The van der Waals surface area contributed by atoms with Gasteiger partial charge in [-0.2, -0.15) is 0 Å². The van der Waals surface area contributed by atoms with Gasteiger partial charge in [0.25, 0.3) is 0 Å². The fourth-order valence-corrected chi connectivity index (χ4v) is 5.45. The van der Waals surface area contributed by atoms with Gasteiger partial charge in [0.1, 0.15) is 12.4 Å². The van der Waals surface area contributed by atoms with E-state index in [0.717, 1.165) is 85.2 Å². The number of rotatable bonds is 9. The van der Waals surface area contributed by atoms with E-state index in [1.807, 2.05) is 36.4 Å². The smallest absolute Gasteiger partial charge is 0.220 e. The van der Waals surface area contributed by atoms with Crippen molar-refractivity contribution in [3.63, 3.8) is 0 Å². The van der Waals surface area contributed by atoms with Crippen molar-refractivity contribution in [1.82, 2.24) is 10.3 Å². The maximum absolute atomic E-state index is 12.5. The molecule has 196 valence electrons. The fourth-order valence-electron chi connectivity index (χ4n) is 5.45. The Morgan fingerprint density at radius 2 is 1.68 bits per heavy atom. The number of hydrogen-bond donors (Lipinski definition) is 1. The summed E-state index contributed by atoms with van der Waals surface area (Å²) in [6.45, 7) is 4.62. The highest BCUT2D eigenvalue weighted by molar-refractivity contribution is 5.86. The molecule has 1 aromatic heterocycles. The van der Waals surface area contributed by atoms with E-state index < -0.39 is 0 Å². The number of benzene rings is 2. The van der Waals surface area contributed by atoms with E-state index in [1.54, 1.807) is 0 Å². The number of carbonyl (C=O) groups is 1. The standard InChI is InChI=1S/C31H38N2O4/c1-22-29(33-28-10-6-5-9-27(28)31(22)37-20-24-7-3-2-4-8-24)21-36-26-13-11-25(12-14-26)32-30(34)19-23-15-17-35-18-16-23/h2-10,23,25-26H,11-21H2,1H3,(H,32,34). The molecule has 6 heteroatoms. The average molecular weight is 503 g/mol. The maximum Gasteiger partial charge on any atom is 0.220 e. The van der Waals surface area contributed by atoms with Crippen molar-refractivity contribution < 1.29 is 19.0 Å². The molecule has 2 aromatic carbocycles. The van der Waals surface area contributed by atoms with Crippen LogP contribution in [-0.2, 0) is 27.5 Å². The molecule has 1 saturated carbocycles. The largest absolute Gasteiger partial charge is 0.488 e. The first-order valence-electron chi connectivity index (χ1n) is 13.7. The summed E-state index contributed by atoms with van der Waals surface area (Å²) < 4.78 is 18.1. The monoisotopic (exact) mass is 502 g/mol. The molecule has 2 fully saturated rings. The number of nitrogens with zero attached hydrogens (tertiary/aromatic N) is 1. The number of fused-ring (bicyclic) bond motifs is 1. The van der Waals surface area contributed by atoms with Gasteiger partial charge in [-0.25, -0.2) is 4.98 Å². The van der Waals surface area contributed by atoms with Crippen molar-refractivity contribution in [3.8, 4) is 5.75 Å². The van der Waals surface area contributed by atoms with E-state index in [-0.39, 0.29) is 18.1 Å². The van der Waals surface area contributed by atoms with Crippen LogP contribution in [0.2, 0.25) is 0 Å². The molecule has 3 aromatic rings. The van der Waals surface area contributed by atoms with Crippen LogP contribution >= 0.6 is 0 Å². The molecule has 1 N–H and O–H groups in total. The molecule has 0 unspecified atom stereocenters. The molecule has 1 aliphatic heterocycles. The van der Waals surface area contributed by atoms with E-state index in [9.17, 15) is 4.79 Å². The minimum atomic E-state index is 0.185. The van der Waals surface area contributed by atoms with Gasteiger partial charge in [0.15, 0.2) is 0 Å². The molecular weight excluding hydrogens is 464 g/mol. The van der Waals surface area contributed by atoms with Crippen LogP contribution in [0.15, 0.2) is 54.6 Å². The number of pyridine rings is 1. The molecule has 6 nitrogen and oxygen atoms in total. The Morgan fingerprint density at radius 3 is 2.46 bits per heavy atom. The zero-order chi connectivity index (χ0) is 25.5. The summed E-state index contributed by atoms with van der Waals surface area (Å²) in [5, 5.41) is 4.29. The molecule has 5 rings (SSSR count). The maximum atomic E-state index is 12.5. The Labute approximate surface area is 219 Å². The normalized spacial score (nSPS) is 20.6. The van der Waals surface area contributed by atoms with Crippen molar-refractivity contribution in [2.45, 2.75) is 77.2 Å². The number of para-hydroxylation sites is 1. The summed E-state index contributed by atoms with van der Waals surface area (Å²) in [6.07, 6.45) is 6.62. The Hall–Kier alpha value is -2.96. The van der Waals surface area contributed by atoms with Gasteiger partial charge in [0.05, 0.1) is 23.9 Å². The van der Waals surface area contributed by atoms with Crippen LogP contribution in [0.25, 0.3) is 10.9 Å². The average Bonchev–Trinajstić information content (AvgIpc) is 2.93. The second kappa shape index (κ2) is 12.5. The number of amides is 1. The van der Waals surface area contributed by atoms with Crippen LogP contribution in [0.5, 0.6) is 5.75 Å². The number of hydrogen-bond acceptors (Lipinski definition) is 5. The molecular formula is C31H38N2O4. The van der Waals surface area contributed by atoms with Gasteiger partial charge < -0.3 is 19.5 Å². The summed E-state index contributed by atoms with van der Waals surface area (Å²) in [7, 11) is 0. The first kappa shape index (κ1) is 25.7. The molecule has 0 bridgehead atoms. The molecule has 0 atom stereocenters. The lowest BCUT2D eigenvalue weighted by atomic mass is 9.92. The number of nitrogens with one attached hydrogen (secondary N) is 1. The van der Waals surface area contributed by atoms with Crippen molar-refractivity contribution in [2.75, 3.05) is 13.2 Å². The van der Waals surface area contributed by atoms with Crippen molar-refractivity contribution in [2.24, 2.45) is 5.92 Å². The minimum absolute atomic E-state index is 0.185. The van der Waals surface area contributed by atoms with Crippen LogP contribution in [0, 0.1) is 12.8 Å². The summed E-state index contributed by atoms with van der Waals surface area (Å²) in [6, 6.07) is 18.6. The van der Waals surface area contributed by atoms with E-state index in [0.29, 0.717) is 25.6 Å². The lowest BCUT2D eigenvalue weighted by molar-refractivity contribution is -0.123. The minimum Gasteiger partial charge on any atom is -0.488 e. The number of aromatic nitrogens is 1. The van der Waals surface area contributed by atoms with Gasteiger partial charge in [-0.15, -0.1) is 0 Å². The highest BCUT2D eigenvalue weighted by Crippen LogP contribution is 2.32. The van der Waals surface area contributed by atoms with Crippen LogP contribution in [0.4, 0.5) is 0 Å². The van der Waals surface area contributed by atoms with Crippen LogP contribution in [0.3, 0.4) is 0 Å². The SMILES string of the molecule is Cc1c(COC2CCC(NC(=O)CC3CCOCC3)CC2)nc2ccccc2c1OCc1ccccc1.